The summed E-state index contributed by atoms with van der Waals surface area (Å²) in [6, 6.07) is 9.77. The van der Waals surface area contributed by atoms with E-state index >= 15 is 0 Å². The van der Waals surface area contributed by atoms with Crippen molar-refractivity contribution < 1.29 is 0 Å². The summed E-state index contributed by atoms with van der Waals surface area (Å²) in [5.41, 5.74) is 1.22. The molecular formula is C14H14Cl2N2S. The fourth-order valence-electron chi connectivity index (χ4n) is 1.58. The van der Waals surface area contributed by atoms with Gasteiger partial charge in [0.05, 0.1) is 10.0 Å². The predicted molar refractivity (Wildman–Crippen MR) is 84.4 cm³/mol. The van der Waals surface area contributed by atoms with E-state index in [9.17, 15) is 0 Å². The van der Waals surface area contributed by atoms with E-state index in [-0.39, 0.29) is 0 Å². The van der Waals surface area contributed by atoms with Crippen molar-refractivity contribution in [3.63, 3.8) is 0 Å². The zero-order chi connectivity index (χ0) is 13.7. The van der Waals surface area contributed by atoms with E-state index in [0.717, 1.165) is 23.0 Å². The summed E-state index contributed by atoms with van der Waals surface area (Å²) in [4.78, 5) is 5.36. The number of pyridine rings is 1. The number of rotatable bonds is 5. The summed E-state index contributed by atoms with van der Waals surface area (Å²) >= 11 is 13.6. The minimum atomic E-state index is 0.587. The average molecular weight is 313 g/mol. The number of halogens is 2. The molecular weight excluding hydrogens is 299 g/mol. The monoisotopic (exact) mass is 312 g/mol. The van der Waals surface area contributed by atoms with Gasteiger partial charge in [-0.15, -0.1) is 11.8 Å². The Bertz CT molecular complexity index is 561. The highest BCUT2D eigenvalue weighted by Gasteiger charge is 2.02. The molecule has 0 atom stereocenters. The molecule has 0 radical (unpaired) electrons. The SMILES string of the molecule is CCNc1cc(CSc2ccc(Cl)c(Cl)c2)ccn1. The number of nitrogens with one attached hydrogen (secondary N) is 1. The van der Waals surface area contributed by atoms with E-state index in [1.807, 2.05) is 30.5 Å². The molecule has 0 spiro atoms. The zero-order valence-corrected chi connectivity index (χ0v) is 12.8. The van der Waals surface area contributed by atoms with Crippen LogP contribution in [-0.4, -0.2) is 11.5 Å². The Balaban J connectivity index is 2.01. The van der Waals surface area contributed by atoms with E-state index < -0.39 is 0 Å². The maximum absolute atomic E-state index is 6.00. The third-order valence-corrected chi connectivity index (χ3v) is 4.28. The molecule has 1 aromatic heterocycles. The van der Waals surface area contributed by atoms with Gasteiger partial charge in [-0.1, -0.05) is 23.2 Å². The molecule has 0 unspecified atom stereocenters. The molecule has 0 aliphatic rings. The summed E-state index contributed by atoms with van der Waals surface area (Å²) in [7, 11) is 0. The van der Waals surface area contributed by atoms with Crippen LogP contribution >= 0.6 is 35.0 Å². The predicted octanol–water partition coefficient (Wildman–Crippen LogP) is 5.11. The van der Waals surface area contributed by atoms with Gasteiger partial charge in [-0.2, -0.15) is 0 Å². The summed E-state index contributed by atoms with van der Waals surface area (Å²) in [5.74, 6) is 1.79. The van der Waals surface area contributed by atoms with Gasteiger partial charge < -0.3 is 5.32 Å². The number of nitrogens with zero attached hydrogens (tertiary/aromatic N) is 1. The molecule has 0 fully saturated rings. The highest BCUT2D eigenvalue weighted by molar-refractivity contribution is 7.98. The second kappa shape index (κ2) is 7.04. The second-order valence-electron chi connectivity index (χ2n) is 3.94. The minimum absolute atomic E-state index is 0.587. The third-order valence-electron chi connectivity index (χ3n) is 2.48. The van der Waals surface area contributed by atoms with Crippen LogP contribution in [0.5, 0.6) is 0 Å². The van der Waals surface area contributed by atoms with Crippen molar-refractivity contribution in [2.75, 3.05) is 11.9 Å². The first-order valence-corrected chi connectivity index (χ1v) is 7.70. The molecule has 1 heterocycles. The number of hydrogen-bond acceptors (Lipinski definition) is 3. The van der Waals surface area contributed by atoms with Crippen molar-refractivity contribution >= 4 is 40.8 Å². The molecule has 2 nitrogen and oxygen atoms in total. The van der Waals surface area contributed by atoms with Crippen LogP contribution in [0.2, 0.25) is 10.0 Å². The summed E-state index contributed by atoms with van der Waals surface area (Å²) in [5, 5.41) is 4.38. The summed E-state index contributed by atoms with van der Waals surface area (Å²) in [6.07, 6.45) is 1.82. The Morgan fingerprint density at radius 1 is 1.16 bits per heavy atom. The molecule has 0 saturated carbocycles. The molecule has 19 heavy (non-hydrogen) atoms. The molecule has 2 rings (SSSR count). The molecule has 0 bridgehead atoms. The van der Waals surface area contributed by atoms with Crippen molar-refractivity contribution in [2.24, 2.45) is 0 Å². The highest BCUT2D eigenvalue weighted by atomic mass is 35.5. The van der Waals surface area contributed by atoms with Crippen LogP contribution in [0.1, 0.15) is 12.5 Å². The number of thioether (sulfide) groups is 1. The maximum atomic E-state index is 6.00. The Labute approximate surface area is 127 Å². The fraction of sp³-hybridized carbons (Fsp3) is 0.214. The first-order valence-electron chi connectivity index (χ1n) is 5.95. The van der Waals surface area contributed by atoms with Gasteiger partial charge in [-0.25, -0.2) is 4.98 Å². The van der Waals surface area contributed by atoms with Crippen molar-refractivity contribution in [1.29, 1.82) is 0 Å². The molecule has 1 N–H and O–H groups in total. The summed E-state index contributed by atoms with van der Waals surface area (Å²) < 4.78 is 0. The molecule has 2 aromatic rings. The van der Waals surface area contributed by atoms with Crippen LogP contribution in [0.25, 0.3) is 0 Å². The van der Waals surface area contributed by atoms with Gasteiger partial charge in [0.15, 0.2) is 0 Å². The van der Waals surface area contributed by atoms with Crippen molar-refractivity contribution in [1.82, 2.24) is 4.98 Å². The topological polar surface area (TPSA) is 24.9 Å². The maximum Gasteiger partial charge on any atom is 0.126 e. The third kappa shape index (κ3) is 4.30. The number of hydrogen-bond donors (Lipinski definition) is 1. The van der Waals surface area contributed by atoms with Crippen LogP contribution in [0.3, 0.4) is 0 Å². The zero-order valence-electron chi connectivity index (χ0n) is 10.5. The lowest BCUT2D eigenvalue weighted by Gasteiger charge is -2.06. The van der Waals surface area contributed by atoms with Gasteiger partial charge in [0, 0.05) is 23.4 Å². The van der Waals surface area contributed by atoms with Crippen LogP contribution < -0.4 is 5.32 Å². The van der Waals surface area contributed by atoms with E-state index in [2.05, 4.69) is 23.3 Å². The van der Waals surface area contributed by atoms with Crippen molar-refractivity contribution in [3.8, 4) is 0 Å². The highest BCUT2D eigenvalue weighted by Crippen LogP contribution is 2.29. The standard InChI is InChI=1S/C14H14Cl2N2S/c1-2-17-14-7-10(5-6-18-14)9-19-11-3-4-12(15)13(16)8-11/h3-8H,2,9H2,1H3,(H,17,18). The molecule has 0 aliphatic carbocycles. The van der Waals surface area contributed by atoms with Crippen molar-refractivity contribution in [2.45, 2.75) is 17.6 Å². The summed E-state index contributed by atoms with van der Waals surface area (Å²) in [6.45, 7) is 2.93. The van der Waals surface area contributed by atoms with E-state index in [0.29, 0.717) is 10.0 Å². The second-order valence-corrected chi connectivity index (χ2v) is 5.81. The van der Waals surface area contributed by atoms with E-state index in [4.69, 9.17) is 23.2 Å². The quantitative estimate of drug-likeness (QED) is 0.776. The van der Waals surface area contributed by atoms with E-state index in [1.54, 1.807) is 11.8 Å². The van der Waals surface area contributed by atoms with Gasteiger partial charge >= 0.3 is 0 Å². The normalized spacial score (nSPS) is 10.5. The van der Waals surface area contributed by atoms with Gasteiger partial charge in [-0.3, -0.25) is 0 Å². The number of anilines is 1. The molecule has 100 valence electrons. The largest absolute Gasteiger partial charge is 0.370 e. The van der Waals surface area contributed by atoms with Gasteiger partial charge in [0.1, 0.15) is 5.82 Å². The lowest BCUT2D eigenvalue weighted by atomic mass is 10.3. The smallest absolute Gasteiger partial charge is 0.126 e. The Morgan fingerprint density at radius 3 is 2.74 bits per heavy atom. The lowest BCUT2D eigenvalue weighted by Crippen LogP contribution is -1.99. The van der Waals surface area contributed by atoms with Crippen molar-refractivity contribution in [3.05, 3.63) is 52.1 Å². The van der Waals surface area contributed by atoms with Gasteiger partial charge in [0.25, 0.3) is 0 Å². The van der Waals surface area contributed by atoms with Crippen LogP contribution in [0.4, 0.5) is 5.82 Å². The van der Waals surface area contributed by atoms with Crippen LogP contribution in [0.15, 0.2) is 41.4 Å². The average Bonchev–Trinajstić information content (AvgIpc) is 2.41. The molecule has 5 heteroatoms. The molecule has 0 aliphatic heterocycles. The molecule has 0 amide bonds. The lowest BCUT2D eigenvalue weighted by molar-refractivity contribution is 1.15. The number of benzene rings is 1. The Hall–Kier alpha value is -0.900. The fourth-order valence-corrected chi connectivity index (χ4v) is 2.82. The van der Waals surface area contributed by atoms with E-state index in [1.165, 1.54) is 5.56 Å². The minimum Gasteiger partial charge on any atom is -0.370 e. The van der Waals surface area contributed by atoms with Crippen LogP contribution in [0, 0.1) is 0 Å². The Morgan fingerprint density at radius 2 is 2.00 bits per heavy atom. The molecule has 1 aromatic carbocycles. The number of aromatic nitrogens is 1. The first-order chi connectivity index (χ1) is 9.19. The first kappa shape index (κ1) is 14.5. The van der Waals surface area contributed by atoms with Gasteiger partial charge in [0.2, 0.25) is 0 Å². The Kier molecular flexibility index (Phi) is 5.37. The molecule has 0 saturated heterocycles. The van der Waals surface area contributed by atoms with Crippen LogP contribution in [-0.2, 0) is 5.75 Å². The van der Waals surface area contributed by atoms with Gasteiger partial charge in [-0.05, 0) is 42.8 Å².